The minimum absolute atomic E-state index is 0.990. The number of anilines is 3. The van der Waals surface area contributed by atoms with E-state index in [4.69, 9.17) is 0 Å². The van der Waals surface area contributed by atoms with Gasteiger partial charge in [-0.05, 0) is 49.7 Å². The summed E-state index contributed by atoms with van der Waals surface area (Å²) >= 11 is 0. The fraction of sp³-hybridized carbons (Fsp3) is 0.280. The molecule has 0 aliphatic rings. The van der Waals surface area contributed by atoms with Crippen LogP contribution in [0.2, 0.25) is 0 Å². The van der Waals surface area contributed by atoms with Crippen LogP contribution >= 0.6 is 0 Å². The van der Waals surface area contributed by atoms with Gasteiger partial charge in [0.1, 0.15) is 0 Å². The number of benzene rings is 3. The van der Waals surface area contributed by atoms with E-state index in [9.17, 15) is 0 Å². The first-order valence-corrected chi connectivity index (χ1v) is 10.1. The summed E-state index contributed by atoms with van der Waals surface area (Å²) in [6.07, 6.45) is 2.49. The van der Waals surface area contributed by atoms with Crippen molar-refractivity contribution in [2.45, 2.75) is 26.7 Å². The summed E-state index contributed by atoms with van der Waals surface area (Å²) in [5.41, 5.74) is 3.58. The Balaban J connectivity index is 0.000000213. The zero-order valence-electron chi connectivity index (χ0n) is 17.5. The summed E-state index contributed by atoms with van der Waals surface area (Å²) in [4.78, 5) is 0. The molecule has 0 radical (unpaired) electrons. The van der Waals surface area contributed by atoms with Crippen molar-refractivity contribution in [3.8, 4) is 0 Å². The van der Waals surface area contributed by atoms with E-state index in [1.54, 1.807) is 0 Å². The molecule has 28 heavy (non-hydrogen) atoms. The van der Waals surface area contributed by atoms with Gasteiger partial charge in [0.25, 0.3) is 0 Å². The highest BCUT2D eigenvalue weighted by atomic mass is 14.9. The summed E-state index contributed by atoms with van der Waals surface area (Å²) in [6.45, 7) is 6.37. The van der Waals surface area contributed by atoms with Gasteiger partial charge in [-0.25, -0.2) is 0 Å². The second kappa shape index (κ2) is 16.2. The van der Waals surface area contributed by atoms with E-state index in [1.807, 2.05) is 73.8 Å². The fourth-order valence-corrected chi connectivity index (χ4v) is 2.33. The first-order chi connectivity index (χ1) is 13.8. The van der Waals surface area contributed by atoms with Crippen molar-refractivity contribution >= 4 is 17.1 Å². The quantitative estimate of drug-likeness (QED) is 0.399. The molecule has 0 spiro atoms. The first-order valence-electron chi connectivity index (χ1n) is 10.1. The van der Waals surface area contributed by atoms with Crippen LogP contribution in [0, 0.1) is 0 Å². The van der Waals surface area contributed by atoms with Gasteiger partial charge in [-0.2, -0.15) is 0 Å². The summed E-state index contributed by atoms with van der Waals surface area (Å²) in [5, 5.41) is 9.58. The topological polar surface area (TPSA) is 36.1 Å². The Morgan fingerprint density at radius 3 is 1.36 bits per heavy atom. The average Bonchev–Trinajstić information content (AvgIpc) is 2.77. The van der Waals surface area contributed by atoms with Crippen LogP contribution in [-0.4, -0.2) is 20.1 Å². The molecule has 0 heterocycles. The second-order valence-corrected chi connectivity index (χ2v) is 6.16. The van der Waals surface area contributed by atoms with Crippen LogP contribution in [0.4, 0.5) is 17.1 Å². The monoisotopic (exact) mass is 377 g/mol. The molecule has 0 saturated heterocycles. The predicted octanol–water partition coefficient (Wildman–Crippen LogP) is 6.75. The molecule has 0 fully saturated rings. The van der Waals surface area contributed by atoms with Crippen molar-refractivity contribution in [3.05, 3.63) is 91.0 Å². The maximum Gasteiger partial charge on any atom is 0.0340 e. The summed E-state index contributed by atoms with van der Waals surface area (Å²) in [5.74, 6) is 0. The van der Waals surface area contributed by atoms with Gasteiger partial charge in [0.15, 0.2) is 0 Å². The molecule has 3 N–H and O–H groups in total. The fourth-order valence-electron chi connectivity index (χ4n) is 2.33. The average molecular weight is 378 g/mol. The Morgan fingerprint density at radius 1 is 0.571 bits per heavy atom. The Kier molecular flexibility index (Phi) is 13.4. The lowest BCUT2D eigenvalue weighted by Gasteiger charge is -2.03. The Bertz CT molecular complexity index is 685. The summed E-state index contributed by atoms with van der Waals surface area (Å²) in [6, 6.07) is 30.6. The molecular weight excluding hydrogens is 342 g/mol. The van der Waals surface area contributed by atoms with E-state index in [1.165, 1.54) is 24.2 Å². The van der Waals surface area contributed by atoms with Crippen LogP contribution in [0.15, 0.2) is 91.0 Å². The molecular formula is C25H35N3. The third-order valence-electron chi connectivity index (χ3n) is 3.85. The third kappa shape index (κ3) is 11.6. The highest BCUT2D eigenvalue weighted by molar-refractivity contribution is 5.43. The SMILES string of the molecule is CCCCNc1ccccc1.CCNc1ccccc1.CNc1ccccc1. The van der Waals surface area contributed by atoms with E-state index in [0.29, 0.717) is 0 Å². The Labute approximate surface area is 171 Å². The van der Waals surface area contributed by atoms with Gasteiger partial charge >= 0.3 is 0 Å². The zero-order valence-corrected chi connectivity index (χ0v) is 17.5. The lowest BCUT2D eigenvalue weighted by molar-refractivity contribution is 0.834. The molecule has 0 atom stereocenters. The molecule has 3 nitrogen and oxygen atoms in total. The lowest BCUT2D eigenvalue weighted by Crippen LogP contribution is -1.99. The maximum absolute atomic E-state index is 3.35. The van der Waals surface area contributed by atoms with Crippen molar-refractivity contribution in [3.63, 3.8) is 0 Å². The van der Waals surface area contributed by atoms with Crippen LogP contribution < -0.4 is 16.0 Å². The van der Waals surface area contributed by atoms with Gasteiger partial charge < -0.3 is 16.0 Å². The van der Waals surface area contributed by atoms with Crippen LogP contribution in [0.3, 0.4) is 0 Å². The van der Waals surface area contributed by atoms with Gasteiger partial charge in [-0.1, -0.05) is 67.9 Å². The standard InChI is InChI=1S/C10H15N.C8H11N.C7H9N/c1-2-3-9-11-10-7-5-4-6-8-10;1-2-9-8-6-4-3-5-7-8;1-8-7-5-3-2-4-6-7/h4-8,11H,2-3,9H2,1H3;3-7,9H,2H2,1H3;2-6,8H,1H3. The van der Waals surface area contributed by atoms with Crippen LogP contribution in [-0.2, 0) is 0 Å². The smallest absolute Gasteiger partial charge is 0.0340 e. The van der Waals surface area contributed by atoms with Crippen molar-refractivity contribution in [2.24, 2.45) is 0 Å². The van der Waals surface area contributed by atoms with E-state index in [2.05, 4.69) is 54.1 Å². The Hall–Kier alpha value is -2.94. The number of nitrogens with one attached hydrogen (secondary N) is 3. The molecule has 0 aliphatic heterocycles. The third-order valence-corrected chi connectivity index (χ3v) is 3.85. The molecule has 0 saturated carbocycles. The second-order valence-electron chi connectivity index (χ2n) is 6.16. The number of para-hydroxylation sites is 3. The van der Waals surface area contributed by atoms with Gasteiger partial charge in [0, 0.05) is 37.2 Å². The van der Waals surface area contributed by atoms with Gasteiger partial charge in [-0.3, -0.25) is 0 Å². The minimum Gasteiger partial charge on any atom is -0.388 e. The highest BCUT2D eigenvalue weighted by Gasteiger charge is 1.86. The number of rotatable bonds is 7. The molecule has 3 rings (SSSR count). The van der Waals surface area contributed by atoms with Gasteiger partial charge in [-0.15, -0.1) is 0 Å². The molecule has 0 amide bonds. The van der Waals surface area contributed by atoms with Crippen LogP contribution in [0.5, 0.6) is 0 Å². The minimum atomic E-state index is 0.990. The van der Waals surface area contributed by atoms with Crippen molar-refractivity contribution in [1.82, 2.24) is 0 Å². The van der Waals surface area contributed by atoms with Crippen LogP contribution in [0.1, 0.15) is 26.7 Å². The van der Waals surface area contributed by atoms with E-state index in [0.717, 1.165) is 18.8 Å². The number of hydrogen-bond donors (Lipinski definition) is 3. The molecule has 0 unspecified atom stereocenters. The largest absolute Gasteiger partial charge is 0.388 e. The van der Waals surface area contributed by atoms with Gasteiger partial charge in [0.2, 0.25) is 0 Å². The highest BCUT2D eigenvalue weighted by Crippen LogP contribution is 2.05. The maximum atomic E-state index is 3.35. The van der Waals surface area contributed by atoms with E-state index in [-0.39, 0.29) is 0 Å². The van der Waals surface area contributed by atoms with Crippen molar-refractivity contribution in [2.75, 3.05) is 36.1 Å². The van der Waals surface area contributed by atoms with E-state index >= 15 is 0 Å². The number of hydrogen-bond acceptors (Lipinski definition) is 3. The molecule has 0 aromatic heterocycles. The zero-order chi connectivity index (χ0) is 20.3. The normalized spacial score (nSPS) is 9.11. The van der Waals surface area contributed by atoms with Crippen LogP contribution in [0.25, 0.3) is 0 Å². The predicted molar refractivity (Wildman–Crippen MR) is 126 cm³/mol. The van der Waals surface area contributed by atoms with Gasteiger partial charge in [0.05, 0.1) is 0 Å². The molecule has 3 aromatic carbocycles. The number of unbranched alkanes of at least 4 members (excludes halogenated alkanes) is 1. The Morgan fingerprint density at radius 2 is 1.00 bits per heavy atom. The molecule has 150 valence electrons. The first kappa shape index (κ1) is 23.1. The molecule has 3 heteroatoms. The molecule has 3 aromatic rings. The summed E-state index contributed by atoms with van der Waals surface area (Å²) < 4.78 is 0. The summed E-state index contributed by atoms with van der Waals surface area (Å²) in [7, 11) is 1.91. The van der Waals surface area contributed by atoms with Crippen molar-refractivity contribution in [1.29, 1.82) is 0 Å². The van der Waals surface area contributed by atoms with E-state index < -0.39 is 0 Å². The van der Waals surface area contributed by atoms with Crippen molar-refractivity contribution < 1.29 is 0 Å². The molecule has 0 aliphatic carbocycles. The lowest BCUT2D eigenvalue weighted by atomic mass is 10.3. The molecule has 0 bridgehead atoms.